The first kappa shape index (κ1) is 13.0. The number of anilines is 3. The summed E-state index contributed by atoms with van der Waals surface area (Å²) in [7, 11) is 0. The number of aromatic nitrogens is 2. The van der Waals surface area contributed by atoms with Crippen LogP contribution in [0.1, 0.15) is 5.69 Å². The molecule has 0 saturated carbocycles. The largest absolute Gasteiger partial charge is 0.374 e. The molecule has 3 aromatic rings. The van der Waals surface area contributed by atoms with E-state index in [1.807, 2.05) is 18.2 Å². The van der Waals surface area contributed by atoms with Gasteiger partial charge in [-0.3, -0.25) is 19.6 Å². The Morgan fingerprint density at radius 1 is 0.905 bits per heavy atom. The molecule has 1 aromatic carbocycles. The molecule has 2 N–H and O–H groups in total. The van der Waals surface area contributed by atoms with Crippen LogP contribution in [-0.4, -0.2) is 9.97 Å². The van der Waals surface area contributed by atoms with Crippen molar-refractivity contribution in [2.45, 2.75) is 6.54 Å². The molecule has 0 aliphatic carbocycles. The third-order valence-corrected chi connectivity index (χ3v) is 3.03. The molecule has 3 rings (SSSR count). The second kappa shape index (κ2) is 5.54. The van der Waals surface area contributed by atoms with Crippen LogP contribution >= 0.6 is 0 Å². The number of nitrogens with one attached hydrogen (secondary N) is 2. The van der Waals surface area contributed by atoms with Gasteiger partial charge in [-0.15, -0.1) is 0 Å². The van der Waals surface area contributed by atoms with Gasteiger partial charge in [0.15, 0.2) is 0 Å². The van der Waals surface area contributed by atoms with Gasteiger partial charge < -0.3 is 10.6 Å². The van der Waals surface area contributed by atoms with Gasteiger partial charge in [0.1, 0.15) is 11.4 Å². The molecule has 0 unspecified atom stereocenters. The normalized spacial score (nSPS) is 10.5. The molecule has 6 nitrogen and oxygen atoms in total. The lowest BCUT2D eigenvalue weighted by Crippen LogP contribution is -2.36. The summed E-state index contributed by atoms with van der Waals surface area (Å²) in [6, 6.07) is 8.97. The maximum atomic E-state index is 11.6. The third-order valence-electron chi connectivity index (χ3n) is 3.03. The zero-order valence-corrected chi connectivity index (χ0v) is 11.0. The quantitative estimate of drug-likeness (QED) is 0.688. The van der Waals surface area contributed by atoms with E-state index in [1.54, 1.807) is 30.7 Å². The molecule has 0 radical (unpaired) electrons. The average Bonchev–Trinajstić information content (AvgIpc) is 2.55. The second-order valence-corrected chi connectivity index (χ2v) is 4.44. The van der Waals surface area contributed by atoms with Gasteiger partial charge in [0.25, 0.3) is 10.9 Å². The van der Waals surface area contributed by atoms with Crippen LogP contribution in [0.4, 0.5) is 17.1 Å². The van der Waals surface area contributed by atoms with Crippen molar-refractivity contribution in [2.75, 3.05) is 10.6 Å². The van der Waals surface area contributed by atoms with Gasteiger partial charge in [0, 0.05) is 24.3 Å². The smallest absolute Gasteiger partial charge is 0.253 e. The summed E-state index contributed by atoms with van der Waals surface area (Å²) < 4.78 is 0. The SMILES string of the molecule is O=c1c(NCc2ccccn2)c(Nc2ccncc2)c1=O. The molecule has 104 valence electrons. The monoisotopic (exact) mass is 280 g/mol. The molecule has 0 amide bonds. The van der Waals surface area contributed by atoms with E-state index in [4.69, 9.17) is 0 Å². The molecule has 0 fully saturated rings. The number of hydrogen-bond acceptors (Lipinski definition) is 6. The van der Waals surface area contributed by atoms with Gasteiger partial charge >= 0.3 is 0 Å². The number of hydrogen-bond donors (Lipinski definition) is 2. The van der Waals surface area contributed by atoms with Crippen LogP contribution in [0.15, 0.2) is 58.5 Å². The van der Waals surface area contributed by atoms with Crippen molar-refractivity contribution >= 4 is 17.1 Å². The van der Waals surface area contributed by atoms with Crippen LogP contribution in [0.5, 0.6) is 0 Å². The lowest BCUT2D eigenvalue weighted by molar-refractivity contribution is 1.04. The zero-order valence-electron chi connectivity index (χ0n) is 11.0. The van der Waals surface area contributed by atoms with E-state index in [9.17, 15) is 9.59 Å². The molecule has 0 saturated heterocycles. The predicted molar refractivity (Wildman–Crippen MR) is 80.4 cm³/mol. The Bertz CT molecular complexity index is 809. The molecular formula is C15H12N4O2. The fraction of sp³-hybridized carbons (Fsp3) is 0.0667. The van der Waals surface area contributed by atoms with Crippen LogP contribution in [-0.2, 0) is 6.54 Å². The minimum absolute atomic E-state index is 0.280. The van der Waals surface area contributed by atoms with Crippen molar-refractivity contribution < 1.29 is 0 Å². The molecule has 21 heavy (non-hydrogen) atoms. The van der Waals surface area contributed by atoms with Crippen molar-refractivity contribution in [3.63, 3.8) is 0 Å². The van der Waals surface area contributed by atoms with Crippen molar-refractivity contribution in [2.24, 2.45) is 0 Å². The summed E-state index contributed by atoms with van der Waals surface area (Å²) in [4.78, 5) is 31.3. The Morgan fingerprint density at radius 2 is 1.67 bits per heavy atom. The van der Waals surface area contributed by atoms with Crippen LogP contribution < -0.4 is 21.5 Å². The fourth-order valence-electron chi connectivity index (χ4n) is 1.94. The first-order chi connectivity index (χ1) is 10.3. The predicted octanol–water partition coefficient (Wildman–Crippen LogP) is 1.43. The van der Waals surface area contributed by atoms with Gasteiger partial charge in [-0.2, -0.15) is 0 Å². The Kier molecular flexibility index (Phi) is 3.42. The third kappa shape index (κ3) is 2.64. The highest BCUT2D eigenvalue weighted by Gasteiger charge is 2.20. The van der Waals surface area contributed by atoms with Gasteiger partial charge in [0.05, 0.1) is 12.2 Å². The van der Waals surface area contributed by atoms with E-state index < -0.39 is 10.9 Å². The molecule has 6 heteroatoms. The molecule has 2 heterocycles. The van der Waals surface area contributed by atoms with Gasteiger partial charge in [-0.05, 0) is 24.3 Å². The fourth-order valence-corrected chi connectivity index (χ4v) is 1.94. The van der Waals surface area contributed by atoms with Crippen molar-refractivity contribution in [3.05, 3.63) is 75.1 Å². The summed E-state index contributed by atoms with van der Waals surface area (Å²) in [5.74, 6) is 0. The highest BCUT2D eigenvalue weighted by atomic mass is 16.2. The molecule has 0 atom stereocenters. The first-order valence-corrected chi connectivity index (χ1v) is 6.40. The van der Waals surface area contributed by atoms with E-state index in [-0.39, 0.29) is 5.69 Å². The first-order valence-electron chi connectivity index (χ1n) is 6.40. The van der Waals surface area contributed by atoms with E-state index in [0.29, 0.717) is 17.9 Å². The molecule has 0 spiro atoms. The molecule has 0 bridgehead atoms. The summed E-state index contributed by atoms with van der Waals surface area (Å²) in [6.07, 6.45) is 4.89. The summed E-state index contributed by atoms with van der Waals surface area (Å²) >= 11 is 0. The Hall–Kier alpha value is -3.02. The highest BCUT2D eigenvalue weighted by molar-refractivity contribution is 5.78. The van der Waals surface area contributed by atoms with E-state index in [1.165, 1.54) is 0 Å². The van der Waals surface area contributed by atoms with Gasteiger partial charge in [-0.1, -0.05) is 6.07 Å². The van der Waals surface area contributed by atoms with Crippen molar-refractivity contribution in [1.29, 1.82) is 0 Å². The maximum absolute atomic E-state index is 11.6. The highest BCUT2D eigenvalue weighted by Crippen LogP contribution is 2.20. The maximum Gasteiger partial charge on any atom is 0.253 e. The van der Waals surface area contributed by atoms with E-state index in [2.05, 4.69) is 20.6 Å². The van der Waals surface area contributed by atoms with Crippen LogP contribution in [0.2, 0.25) is 0 Å². The Morgan fingerprint density at radius 3 is 2.38 bits per heavy atom. The number of nitrogens with zero attached hydrogens (tertiary/aromatic N) is 2. The Labute approximate surface area is 120 Å². The topological polar surface area (TPSA) is 84.0 Å². The van der Waals surface area contributed by atoms with Crippen molar-refractivity contribution in [1.82, 2.24) is 9.97 Å². The molecule has 0 aliphatic rings. The van der Waals surface area contributed by atoms with E-state index in [0.717, 1.165) is 5.69 Å². The van der Waals surface area contributed by atoms with Crippen LogP contribution in [0, 0.1) is 0 Å². The zero-order chi connectivity index (χ0) is 14.7. The molecule has 0 aliphatic heterocycles. The minimum Gasteiger partial charge on any atom is -0.374 e. The minimum atomic E-state index is -0.518. The van der Waals surface area contributed by atoms with Crippen LogP contribution in [0.3, 0.4) is 0 Å². The lowest BCUT2D eigenvalue weighted by Gasteiger charge is -2.14. The van der Waals surface area contributed by atoms with Gasteiger partial charge in [-0.25, -0.2) is 0 Å². The summed E-state index contributed by atoms with van der Waals surface area (Å²) in [6.45, 7) is 0.386. The molecular weight excluding hydrogens is 268 g/mol. The number of rotatable bonds is 5. The summed E-state index contributed by atoms with van der Waals surface area (Å²) in [5, 5.41) is 5.89. The second-order valence-electron chi connectivity index (χ2n) is 4.44. The van der Waals surface area contributed by atoms with Gasteiger partial charge in [0.2, 0.25) is 0 Å². The van der Waals surface area contributed by atoms with E-state index >= 15 is 0 Å². The number of pyridine rings is 2. The lowest BCUT2D eigenvalue weighted by atomic mass is 10.1. The average molecular weight is 280 g/mol. The Balaban J connectivity index is 1.76. The standard InChI is InChI=1S/C15H12N4O2/c20-14-12(18-9-11-3-1-2-6-17-11)13(15(14)21)19-10-4-7-16-8-5-10/h1-8,18H,9H2,(H,16,19). The van der Waals surface area contributed by atoms with Crippen LogP contribution in [0.25, 0.3) is 0 Å². The molecule has 2 aromatic heterocycles. The summed E-state index contributed by atoms with van der Waals surface area (Å²) in [5.41, 5.74) is 1.04. The van der Waals surface area contributed by atoms with Crippen molar-refractivity contribution in [3.8, 4) is 0 Å².